The molecule has 0 atom stereocenters. The highest BCUT2D eigenvalue weighted by Crippen LogP contribution is 2.30. The molecule has 82 valence electrons. The van der Waals surface area contributed by atoms with E-state index in [9.17, 15) is 18.0 Å². The molecule has 0 saturated carbocycles. The van der Waals surface area contributed by atoms with Crippen LogP contribution in [0, 0.1) is 0 Å². The molecule has 0 bridgehead atoms. The quantitative estimate of drug-likeness (QED) is 0.597. The van der Waals surface area contributed by atoms with Gasteiger partial charge in [-0.3, -0.25) is 4.79 Å². The molecule has 0 saturated heterocycles. The molecule has 0 aromatic heterocycles. The van der Waals surface area contributed by atoms with Crippen molar-refractivity contribution in [2.75, 3.05) is 0 Å². The van der Waals surface area contributed by atoms with Crippen LogP contribution in [0.1, 0.15) is 15.9 Å². The smallest absolute Gasteiger partial charge is 0.405 e. The summed E-state index contributed by atoms with van der Waals surface area (Å²) >= 11 is 5.43. The molecule has 0 heterocycles. The van der Waals surface area contributed by atoms with Crippen LogP contribution in [-0.4, -0.2) is 12.6 Å². The van der Waals surface area contributed by atoms with Crippen LogP contribution in [0.4, 0.5) is 13.2 Å². The van der Waals surface area contributed by atoms with Gasteiger partial charge in [0.2, 0.25) is 0 Å². The van der Waals surface area contributed by atoms with Gasteiger partial charge in [0.25, 0.3) is 0 Å². The highest BCUT2D eigenvalue weighted by Gasteiger charge is 2.33. The van der Waals surface area contributed by atoms with Crippen LogP contribution in [0.5, 0.6) is 5.75 Å². The first-order chi connectivity index (χ1) is 6.98. The first-order valence-electron chi connectivity index (χ1n) is 3.86. The zero-order valence-electron chi connectivity index (χ0n) is 7.34. The molecule has 0 amide bonds. The summed E-state index contributed by atoms with van der Waals surface area (Å²) in [7, 11) is 0. The Morgan fingerprint density at radius 3 is 2.53 bits per heavy atom. The van der Waals surface area contributed by atoms with Gasteiger partial charge in [-0.25, -0.2) is 0 Å². The number of carbonyl (C=O) groups excluding carboxylic acids is 1. The summed E-state index contributed by atoms with van der Waals surface area (Å²) in [5, 5.41) is 0. The normalized spacial score (nSPS) is 11.2. The van der Waals surface area contributed by atoms with Crippen molar-refractivity contribution in [3.05, 3.63) is 29.3 Å². The second-order valence-corrected chi connectivity index (χ2v) is 2.90. The fraction of sp³-hybridized carbons (Fsp3) is 0.222. The minimum absolute atomic E-state index is 0.124. The standard InChI is InChI=1S/C9H6ClF3O2/c10-4-6-2-1-3-7(5-14)8(6)15-9(11,12)13/h1-3,5H,4H2. The Bertz CT molecular complexity index is 363. The van der Waals surface area contributed by atoms with Crippen molar-refractivity contribution in [1.29, 1.82) is 0 Å². The molecule has 1 rings (SSSR count). The number of hydrogen-bond acceptors (Lipinski definition) is 2. The van der Waals surface area contributed by atoms with Gasteiger partial charge in [-0.15, -0.1) is 24.8 Å². The predicted octanol–water partition coefficient (Wildman–Crippen LogP) is 3.14. The summed E-state index contributed by atoms with van der Waals surface area (Å²) in [6.45, 7) is 0. The number of para-hydroxylation sites is 1. The SMILES string of the molecule is O=Cc1cccc(CCl)c1OC(F)(F)F. The molecule has 2 nitrogen and oxygen atoms in total. The Kier molecular flexibility index (Phi) is 3.57. The summed E-state index contributed by atoms with van der Waals surface area (Å²) in [5.74, 6) is -0.692. The molecule has 0 aliphatic carbocycles. The summed E-state index contributed by atoms with van der Waals surface area (Å²) in [4.78, 5) is 10.5. The highest BCUT2D eigenvalue weighted by molar-refractivity contribution is 6.17. The largest absolute Gasteiger partial charge is 0.573 e. The van der Waals surface area contributed by atoms with Gasteiger partial charge in [0.1, 0.15) is 5.75 Å². The molecule has 0 N–H and O–H groups in total. The maximum Gasteiger partial charge on any atom is 0.573 e. The molecule has 0 unspecified atom stereocenters. The van der Waals surface area contributed by atoms with Crippen molar-refractivity contribution in [1.82, 2.24) is 0 Å². The lowest BCUT2D eigenvalue weighted by Gasteiger charge is -2.13. The second kappa shape index (κ2) is 4.53. The summed E-state index contributed by atoms with van der Waals surface area (Å²) in [6, 6.07) is 4.02. The van der Waals surface area contributed by atoms with Crippen molar-refractivity contribution in [2.24, 2.45) is 0 Å². The van der Waals surface area contributed by atoms with Crippen LogP contribution in [0.2, 0.25) is 0 Å². The lowest BCUT2D eigenvalue weighted by Crippen LogP contribution is -2.19. The highest BCUT2D eigenvalue weighted by atomic mass is 35.5. The van der Waals surface area contributed by atoms with Crippen molar-refractivity contribution in [2.45, 2.75) is 12.2 Å². The van der Waals surface area contributed by atoms with Crippen LogP contribution in [0.3, 0.4) is 0 Å². The number of halogens is 4. The van der Waals surface area contributed by atoms with Crippen molar-refractivity contribution in [3.8, 4) is 5.75 Å². The average molecular weight is 239 g/mol. The monoisotopic (exact) mass is 238 g/mol. The molecule has 0 aliphatic heterocycles. The maximum absolute atomic E-state index is 12.0. The third-order valence-corrected chi connectivity index (χ3v) is 1.90. The third kappa shape index (κ3) is 3.13. The fourth-order valence-electron chi connectivity index (χ4n) is 1.04. The summed E-state index contributed by atoms with van der Waals surface area (Å²) in [6.07, 6.45) is -4.54. The van der Waals surface area contributed by atoms with Gasteiger partial charge in [0.05, 0.1) is 11.4 Å². The minimum atomic E-state index is -4.83. The van der Waals surface area contributed by atoms with Crippen molar-refractivity contribution >= 4 is 17.9 Å². The minimum Gasteiger partial charge on any atom is -0.405 e. The van der Waals surface area contributed by atoms with Crippen LogP contribution >= 0.6 is 11.6 Å². The van der Waals surface area contributed by atoms with Gasteiger partial charge in [-0.1, -0.05) is 12.1 Å². The first kappa shape index (κ1) is 11.8. The van der Waals surface area contributed by atoms with E-state index in [4.69, 9.17) is 11.6 Å². The Hall–Kier alpha value is -1.23. The number of rotatable bonds is 3. The second-order valence-electron chi connectivity index (χ2n) is 2.63. The zero-order valence-corrected chi connectivity index (χ0v) is 8.10. The lowest BCUT2D eigenvalue weighted by molar-refractivity contribution is -0.274. The van der Waals surface area contributed by atoms with E-state index >= 15 is 0 Å². The first-order valence-corrected chi connectivity index (χ1v) is 4.40. The number of benzene rings is 1. The molecule has 0 radical (unpaired) electrons. The molecular formula is C9H6ClF3O2. The topological polar surface area (TPSA) is 26.3 Å². The molecule has 0 fully saturated rings. The van der Waals surface area contributed by atoms with Crippen LogP contribution in [-0.2, 0) is 5.88 Å². The van der Waals surface area contributed by atoms with Gasteiger partial charge in [-0.05, 0) is 6.07 Å². The average Bonchev–Trinajstić information content (AvgIpc) is 2.16. The van der Waals surface area contributed by atoms with Crippen LogP contribution < -0.4 is 4.74 Å². The Morgan fingerprint density at radius 2 is 2.07 bits per heavy atom. The van der Waals surface area contributed by atoms with E-state index in [1.807, 2.05) is 0 Å². The van der Waals surface area contributed by atoms with Crippen LogP contribution in [0.15, 0.2) is 18.2 Å². The van der Waals surface area contributed by atoms with Crippen LogP contribution in [0.25, 0.3) is 0 Å². The number of aldehydes is 1. The fourth-order valence-corrected chi connectivity index (χ4v) is 1.25. The van der Waals surface area contributed by atoms with Gasteiger partial charge in [0.15, 0.2) is 6.29 Å². The third-order valence-electron chi connectivity index (χ3n) is 1.62. The number of carbonyl (C=O) groups is 1. The zero-order chi connectivity index (χ0) is 11.5. The maximum atomic E-state index is 12.0. The molecule has 1 aromatic carbocycles. The number of alkyl halides is 4. The molecule has 15 heavy (non-hydrogen) atoms. The van der Waals surface area contributed by atoms with Crippen molar-refractivity contribution < 1.29 is 22.7 Å². The predicted molar refractivity (Wildman–Crippen MR) is 48.1 cm³/mol. The Morgan fingerprint density at radius 1 is 1.40 bits per heavy atom. The summed E-state index contributed by atoms with van der Waals surface area (Å²) < 4.78 is 39.7. The van der Waals surface area contributed by atoms with Gasteiger partial charge >= 0.3 is 6.36 Å². The van der Waals surface area contributed by atoms with E-state index in [-0.39, 0.29) is 23.3 Å². The summed E-state index contributed by atoms with van der Waals surface area (Å²) in [5.41, 5.74) is -0.0518. The molecule has 1 aromatic rings. The Balaban J connectivity index is 3.16. The van der Waals surface area contributed by atoms with Crippen molar-refractivity contribution in [3.63, 3.8) is 0 Å². The van der Waals surface area contributed by atoms with Gasteiger partial charge < -0.3 is 4.74 Å². The molecule has 0 aliphatic rings. The van der Waals surface area contributed by atoms with E-state index in [1.54, 1.807) is 0 Å². The Labute approximate surface area is 88.6 Å². The number of ether oxygens (including phenoxy) is 1. The van der Waals surface area contributed by atoms with Gasteiger partial charge in [0, 0.05) is 5.56 Å². The molecule has 0 spiro atoms. The van der Waals surface area contributed by atoms with E-state index in [1.165, 1.54) is 18.2 Å². The molecule has 6 heteroatoms. The van der Waals surface area contributed by atoms with E-state index < -0.39 is 12.1 Å². The lowest BCUT2D eigenvalue weighted by atomic mass is 10.1. The molecular weight excluding hydrogens is 233 g/mol. The van der Waals surface area contributed by atoms with E-state index in [0.717, 1.165) is 0 Å². The van der Waals surface area contributed by atoms with Gasteiger partial charge in [-0.2, -0.15) is 0 Å². The number of hydrogen-bond donors (Lipinski definition) is 0. The van der Waals surface area contributed by atoms with E-state index in [0.29, 0.717) is 0 Å². The van der Waals surface area contributed by atoms with E-state index in [2.05, 4.69) is 4.74 Å².